The van der Waals surface area contributed by atoms with E-state index in [0.29, 0.717) is 24.8 Å². The molecule has 2 N–H and O–H groups in total. The summed E-state index contributed by atoms with van der Waals surface area (Å²) in [6, 6.07) is 7.43. The van der Waals surface area contributed by atoms with Gasteiger partial charge in [-0.3, -0.25) is 4.79 Å². The second-order valence-corrected chi connectivity index (χ2v) is 5.90. The third-order valence-corrected chi connectivity index (χ3v) is 4.04. The minimum absolute atomic E-state index is 0.0530. The summed E-state index contributed by atoms with van der Waals surface area (Å²) in [4.78, 5) is 12.0. The van der Waals surface area contributed by atoms with Gasteiger partial charge in [-0.25, -0.2) is 0 Å². The Hall–Kier alpha value is -1.59. The number of hydrogen-bond donors (Lipinski definition) is 2. The molecule has 2 rings (SSSR count). The zero-order chi connectivity index (χ0) is 16.3. The van der Waals surface area contributed by atoms with E-state index in [4.69, 9.17) is 9.47 Å². The van der Waals surface area contributed by atoms with Gasteiger partial charge in [0.15, 0.2) is 0 Å². The maximum atomic E-state index is 12.0. The van der Waals surface area contributed by atoms with Crippen molar-refractivity contribution in [2.75, 3.05) is 33.4 Å². The largest absolute Gasteiger partial charge is 0.490 e. The van der Waals surface area contributed by atoms with E-state index < -0.39 is 0 Å². The first-order chi connectivity index (χ1) is 11.3. The van der Waals surface area contributed by atoms with Crippen LogP contribution in [-0.4, -0.2) is 45.4 Å². The van der Waals surface area contributed by atoms with Gasteiger partial charge in [0.1, 0.15) is 5.75 Å². The predicted octanol–water partition coefficient (Wildman–Crippen LogP) is 2.36. The molecule has 1 amide bonds. The molecule has 0 bridgehead atoms. The first-order valence-corrected chi connectivity index (χ1v) is 8.54. The third-order valence-electron chi connectivity index (χ3n) is 4.04. The van der Waals surface area contributed by atoms with Crippen molar-refractivity contribution in [1.29, 1.82) is 0 Å². The molecule has 1 aromatic rings. The highest BCUT2D eigenvalue weighted by Crippen LogP contribution is 2.23. The molecule has 1 aromatic carbocycles. The number of carbonyl (C=O) groups is 1. The fraction of sp³-hybridized carbons (Fsp3) is 0.611. The first-order valence-electron chi connectivity index (χ1n) is 8.54. The maximum Gasteiger partial charge on any atom is 0.251 e. The van der Waals surface area contributed by atoms with Crippen LogP contribution in [0.15, 0.2) is 24.3 Å². The van der Waals surface area contributed by atoms with Gasteiger partial charge in [-0.05, 0) is 49.9 Å². The molecule has 1 aliphatic rings. The van der Waals surface area contributed by atoms with Crippen molar-refractivity contribution in [3.05, 3.63) is 29.8 Å². The lowest BCUT2D eigenvalue weighted by molar-refractivity contribution is 0.0953. The lowest BCUT2D eigenvalue weighted by Crippen LogP contribution is -2.33. The van der Waals surface area contributed by atoms with E-state index in [1.54, 1.807) is 7.11 Å². The number of nitrogens with one attached hydrogen (secondary N) is 2. The van der Waals surface area contributed by atoms with E-state index in [1.165, 1.54) is 19.3 Å². The molecule has 5 nitrogen and oxygen atoms in total. The van der Waals surface area contributed by atoms with Gasteiger partial charge in [0.05, 0.1) is 12.7 Å². The quantitative estimate of drug-likeness (QED) is 0.686. The Morgan fingerprint density at radius 3 is 2.52 bits per heavy atom. The number of methoxy groups -OCH3 is 1. The van der Waals surface area contributed by atoms with Gasteiger partial charge < -0.3 is 20.1 Å². The van der Waals surface area contributed by atoms with Crippen LogP contribution >= 0.6 is 0 Å². The van der Waals surface area contributed by atoms with Crippen LogP contribution in [0.5, 0.6) is 5.75 Å². The Morgan fingerprint density at radius 1 is 1.09 bits per heavy atom. The number of carbonyl (C=O) groups excluding carboxylic acids is 1. The normalized spacial score (nSPS) is 15.3. The van der Waals surface area contributed by atoms with Crippen LogP contribution < -0.4 is 15.4 Å². The van der Waals surface area contributed by atoms with Crippen LogP contribution in [0.25, 0.3) is 0 Å². The number of benzene rings is 1. The molecule has 0 radical (unpaired) electrons. The van der Waals surface area contributed by atoms with Gasteiger partial charge in [0.2, 0.25) is 0 Å². The van der Waals surface area contributed by atoms with Gasteiger partial charge in [-0.15, -0.1) is 0 Å². The molecule has 0 atom stereocenters. The van der Waals surface area contributed by atoms with Gasteiger partial charge >= 0.3 is 0 Å². The van der Waals surface area contributed by atoms with Gasteiger partial charge in [-0.1, -0.05) is 6.42 Å². The molecular weight excluding hydrogens is 292 g/mol. The van der Waals surface area contributed by atoms with Crippen molar-refractivity contribution in [2.24, 2.45) is 0 Å². The molecule has 0 aromatic heterocycles. The van der Waals surface area contributed by atoms with E-state index in [-0.39, 0.29) is 5.91 Å². The SMILES string of the molecule is COCCNCCNC(=O)c1ccc(OC2CCCCC2)cc1. The number of hydrogen-bond acceptors (Lipinski definition) is 4. The molecule has 1 saturated carbocycles. The van der Waals surface area contributed by atoms with Gasteiger partial charge in [0, 0.05) is 32.3 Å². The van der Waals surface area contributed by atoms with Gasteiger partial charge in [-0.2, -0.15) is 0 Å². The average molecular weight is 320 g/mol. The van der Waals surface area contributed by atoms with E-state index >= 15 is 0 Å². The van der Waals surface area contributed by atoms with Crippen LogP contribution in [-0.2, 0) is 4.74 Å². The Morgan fingerprint density at radius 2 is 1.83 bits per heavy atom. The van der Waals surface area contributed by atoms with Crippen molar-refractivity contribution >= 4 is 5.91 Å². The molecule has 0 saturated heterocycles. The van der Waals surface area contributed by atoms with E-state index in [2.05, 4.69) is 10.6 Å². The van der Waals surface area contributed by atoms with Crippen LogP contribution in [0.3, 0.4) is 0 Å². The van der Waals surface area contributed by atoms with Crippen molar-refractivity contribution in [3.8, 4) is 5.75 Å². The highest BCUT2D eigenvalue weighted by Gasteiger charge is 2.15. The van der Waals surface area contributed by atoms with Crippen LogP contribution in [0.4, 0.5) is 0 Å². The summed E-state index contributed by atoms with van der Waals surface area (Å²) in [7, 11) is 1.67. The van der Waals surface area contributed by atoms with Crippen LogP contribution in [0.2, 0.25) is 0 Å². The van der Waals surface area contributed by atoms with Crippen molar-refractivity contribution in [1.82, 2.24) is 10.6 Å². The van der Waals surface area contributed by atoms with Gasteiger partial charge in [0.25, 0.3) is 5.91 Å². The lowest BCUT2D eigenvalue weighted by Gasteiger charge is -2.23. The standard InChI is InChI=1S/C18H28N2O3/c1-22-14-13-19-11-12-20-18(21)15-7-9-17(10-8-15)23-16-5-3-2-4-6-16/h7-10,16,19H,2-6,11-14H2,1H3,(H,20,21). The molecule has 128 valence electrons. The van der Waals surface area contributed by atoms with Crippen molar-refractivity contribution in [2.45, 2.75) is 38.2 Å². The van der Waals surface area contributed by atoms with E-state index in [9.17, 15) is 4.79 Å². The van der Waals surface area contributed by atoms with E-state index in [0.717, 1.165) is 31.7 Å². The molecule has 5 heteroatoms. The summed E-state index contributed by atoms with van der Waals surface area (Å²) in [5, 5.41) is 6.08. The average Bonchev–Trinajstić information content (AvgIpc) is 2.59. The summed E-state index contributed by atoms with van der Waals surface area (Å²) >= 11 is 0. The zero-order valence-corrected chi connectivity index (χ0v) is 14.0. The summed E-state index contributed by atoms with van der Waals surface area (Å²) in [6.07, 6.45) is 6.44. The zero-order valence-electron chi connectivity index (χ0n) is 14.0. The maximum absolute atomic E-state index is 12.0. The summed E-state index contributed by atoms with van der Waals surface area (Å²) in [6.45, 7) is 2.80. The van der Waals surface area contributed by atoms with E-state index in [1.807, 2.05) is 24.3 Å². The van der Waals surface area contributed by atoms with Crippen LogP contribution in [0.1, 0.15) is 42.5 Å². The Balaban J connectivity index is 1.69. The second kappa shape index (κ2) is 10.2. The monoisotopic (exact) mass is 320 g/mol. The minimum atomic E-state index is -0.0530. The Bertz CT molecular complexity index is 456. The number of rotatable bonds is 9. The third kappa shape index (κ3) is 6.59. The molecule has 0 spiro atoms. The highest BCUT2D eigenvalue weighted by molar-refractivity contribution is 5.94. The molecule has 23 heavy (non-hydrogen) atoms. The Labute approximate surface area is 138 Å². The molecular formula is C18H28N2O3. The van der Waals surface area contributed by atoms with Crippen molar-refractivity contribution < 1.29 is 14.3 Å². The lowest BCUT2D eigenvalue weighted by atomic mass is 9.98. The second-order valence-electron chi connectivity index (χ2n) is 5.90. The highest BCUT2D eigenvalue weighted by atomic mass is 16.5. The topological polar surface area (TPSA) is 59.6 Å². The Kier molecular flexibility index (Phi) is 7.90. The predicted molar refractivity (Wildman–Crippen MR) is 91.0 cm³/mol. The minimum Gasteiger partial charge on any atom is -0.490 e. The number of ether oxygens (including phenoxy) is 2. The first kappa shape index (κ1) is 17.8. The molecule has 0 aliphatic heterocycles. The fourth-order valence-electron chi connectivity index (χ4n) is 2.73. The summed E-state index contributed by atoms with van der Waals surface area (Å²) in [5.74, 6) is 0.803. The number of amides is 1. The molecule has 1 aliphatic carbocycles. The summed E-state index contributed by atoms with van der Waals surface area (Å²) < 4.78 is 10.9. The van der Waals surface area contributed by atoms with Crippen LogP contribution in [0, 0.1) is 0 Å². The molecule has 0 heterocycles. The molecule has 0 unspecified atom stereocenters. The smallest absolute Gasteiger partial charge is 0.251 e. The molecule has 1 fully saturated rings. The van der Waals surface area contributed by atoms with Crippen molar-refractivity contribution in [3.63, 3.8) is 0 Å². The fourth-order valence-corrected chi connectivity index (χ4v) is 2.73. The summed E-state index contributed by atoms with van der Waals surface area (Å²) in [5.41, 5.74) is 0.665.